The third-order valence-electron chi connectivity index (χ3n) is 5.48. The SMILES string of the molecule is O=C(CCC(=O)N1CCCc2ccccc21)N/N=C1\CCCc2ccccc21. The summed E-state index contributed by atoms with van der Waals surface area (Å²) in [7, 11) is 0. The smallest absolute Gasteiger partial charge is 0.240 e. The molecule has 2 aliphatic rings. The molecule has 2 aromatic rings. The highest BCUT2D eigenvalue weighted by atomic mass is 16.2. The van der Waals surface area contributed by atoms with Gasteiger partial charge in [0.1, 0.15) is 0 Å². The molecule has 0 unspecified atom stereocenters. The standard InChI is InChI=1S/C23H25N3O2/c27-22(25-24-20-12-5-9-17-7-1-3-11-19(17)20)14-15-23(28)26-16-6-10-18-8-2-4-13-21(18)26/h1-4,7-8,11,13H,5-6,9-10,12,14-16H2,(H,25,27)/b24-20+. The topological polar surface area (TPSA) is 61.8 Å². The maximum atomic E-state index is 12.6. The molecular formula is C23H25N3O2. The van der Waals surface area contributed by atoms with Crippen LogP contribution in [0.3, 0.4) is 0 Å². The van der Waals surface area contributed by atoms with Gasteiger partial charge in [-0.2, -0.15) is 5.10 Å². The number of fused-ring (bicyclic) bond motifs is 2. The zero-order valence-electron chi connectivity index (χ0n) is 16.0. The molecule has 1 N–H and O–H groups in total. The molecule has 0 saturated heterocycles. The fraction of sp³-hybridized carbons (Fsp3) is 0.348. The third kappa shape index (κ3) is 3.98. The molecule has 1 aliphatic carbocycles. The van der Waals surface area contributed by atoms with Crippen LogP contribution in [0.4, 0.5) is 5.69 Å². The van der Waals surface area contributed by atoms with Crippen molar-refractivity contribution in [1.29, 1.82) is 0 Å². The summed E-state index contributed by atoms with van der Waals surface area (Å²) in [4.78, 5) is 26.7. The molecule has 5 heteroatoms. The molecule has 0 saturated carbocycles. The van der Waals surface area contributed by atoms with Gasteiger partial charge in [-0.05, 0) is 49.3 Å². The molecule has 2 aromatic carbocycles. The van der Waals surface area contributed by atoms with Crippen molar-refractivity contribution in [3.8, 4) is 0 Å². The Kier molecular flexibility index (Phi) is 5.51. The Labute approximate surface area is 165 Å². The van der Waals surface area contributed by atoms with E-state index in [0.717, 1.165) is 55.6 Å². The van der Waals surface area contributed by atoms with Gasteiger partial charge in [0.15, 0.2) is 0 Å². The number of hydrazone groups is 1. The molecule has 28 heavy (non-hydrogen) atoms. The van der Waals surface area contributed by atoms with Crippen LogP contribution in [0, 0.1) is 0 Å². The number of hydrogen-bond donors (Lipinski definition) is 1. The minimum Gasteiger partial charge on any atom is -0.312 e. The van der Waals surface area contributed by atoms with E-state index in [2.05, 4.69) is 28.7 Å². The number of nitrogens with one attached hydrogen (secondary N) is 1. The molecule has 4 rings (SSSR count). The van der Waals surface area contributed by atoms with Crippen LogP contribution in [0.2, 0.25) is 0 Å². The van der Waals surface area contributed by atoms with Gasteiger partial charge in [0, 0.05) is 30.6 Å². The minimum atomic E-state index is -0.214. The fourth-order valence-electron chi connectivity index (χ4n) is 4.05. The lowest BCUT2D eigenvalue weighted by Gasteiger charge is -2.29. The molecule has 2 amide bonds. The lowest BCUT2D eigenvalue weighted by atomic mass is 9.90. The number of carbonyl (C=O) groups is 2. The molecule has 0 spiro atoms. The van der Waals surface area contributed by atoms with Gasteiger partial charge in [-0.25, -0.2) is 5.43 Å². The third-order valence-corrected chi connectivity index (χ3v) is 5.48. The first kappa shape index (κ1) is 18.4. The van der Waals surface area contributed by atoms with Gasteiger partial charge in [0.05, 0.1) is 5.71 Å². The van der Waals surface area contributed by atoms with Gasteiger partial charge < -0.3 is 4.90 Å². The number of carbonyl (C=O) groups excluding carboxylic acids is 2. The first-order chi connectivity index (χ1) is 13.7. The van der Waals surface area contributed by atoms with E-state index in [0.29, 0.717) is 0 Å². The van der Waals surface area contributed by atoms with E-state index in [-0.39, 0.29) is 24.7 Å². The van der Waals surface area contributed by atoms with E-state index >= 15 is 0 Å². The van der Waals surface area contributed by atoms with Gasteiger partial charge >= 0.3 is 0 Å². The van der Waals surface area contributed by atoms with Crippen LogP contribution in [0.1, 0.15) is 48.8 Å². The van der Waals surface area contributed by atoms with E-state index in [4.69, 9.17) is 0 Å². The van der Waals surface area contributed by atoms with Crippen molar-refractivity contribution in [1.82, 2.24) is 5.43 Å². The van der Waals surface area contributed by atoms with Crippen LogP contribution < -0.4 is 10.3 Å². The lowest BCUT2D eigenvalue weighted by Crippen LogP contribution is -2.36. The summed E-state index contributed by atoms with van der Waals surface area (Å²) >= 11 is 0. The molecule has 144 valence electrons. The van der Waals surface area contributed by atoms with Crippen LogP contribution in [0.25, 0.3) is 0 Å². The zero-order valence-corrected chi connectivity index (χ0v) is 16.0. The Balaban J connectivity index is 1.34. The van der Waals surface area contributed by atoms with Crippen molar-refractivity contribution >= 4 is 23.2 Å². The van der Waals surface area contributed by atoms with Crippen molar-refractivity contribution < 1.29 is 9.59 Å². The van der Waals surface area contributed by atoms with E-state index in [1.54, 1.807) is 0 Å². The Morgan fingerprint density at radius 1 is 0.893 bits per heavy atom. The van der Waals surface area contributed by atoms with Gasteiger partial charge in [0.2, 0.25) is 11.8 Å². The molecule has 0 atom stereocenters. The number of aryl methyl sites for hydroxylation is 2. The molecular weight excluding hydrogens is 350 g/mol. The van der Waals surface area contributed by atoms with E-state index in [9.17, 15) is 9.59 Å². The average Bonchev–Trinajstić information content (AvgIpc) is 2.75. The van der Waals surface area contributed by atoms with Crippen molar-refractivity contribution in [3.05, 3.63) is 65.2 Å². The summed E-state index contributed by atoms with van der Waals surface area (Å²) < 4.78 is 0. The van der Waals surface area contributed by atoms with Gasteiger partial charge in [0.25, 0.3) is 0 Å². The quantitative estimate of drug-likeness (QED) is 0.830. The zero-order chi connectivity index (χ0) is 19.3. The number of anilines is 1. The fourth-order valence-corrected chi connectivity index (χ4v) is 4.05. The van der Waals surface area contributed by atoms with Crippen molar-refractivity contribution in [2.75, 3.05) is 11.4 Å². The van der Waals surface area contributed by atoms with Crippen LogP contribution in [-0.2, 0) is 22.4 Å². The largest absolute Gasteiger partial charge is 0.312 e. The average molecular weight is 375 g/mol. The van der Waals surface area contributed by atoms with E-state index in [1.165, 1.54) is 11.1 Å². The number of benzene rings is 2. The Morgan fingerprint density at radius 3 is 2.54 bits per heavy atom. The molecule has 1 heterocycles. The Hall–Kier alpha value is -2.95. The molecule has 0 aromatic heterocycles. The maximum absolute atomic E-state index is 12.6. The van der Waals surface area contributed by atoms with Gasteiger partial charge in [-0.1, -0.05) is 42.5 Å². The summed E-state index contributed by atoms with van der Waals surface area (Å²) in [5.41, 5.74) is 8.16. The summed E-state index contributed by atoms with van der Waals surface area (Å²) in [5, 5.41) is 4.34. The number of hydrogen-bond acceptors (Lipinski definition) is 3. The van der Waals surface area contributed by atoms with Crippen molar-refractivity contribution in [3.63, 3.8) is 0 Å². The molecule has 0 radical (unpaired) electrons. The van der Waals surface area contributed by atoms with Crippen LogP contribution in [0.15, 0.2) is 53.6 Å². The summed E-state index contributed by atoms with van der Waals surface area (Å²) in [6.45, 7) is 0.719. The second-order valence-corrected chi connectivity index (χ2v) is 7.38. The predicted octanol–water partition coefficient (Wildman–Crippen LogP) is 3.60. The molecule has 0 bridgehead atoms. The van der Waals surface area contributed by atoms with Crippen LogP contribution in [-0.4, -0.2) is 24.1 Å². The monoisotopic (exact) mass is 375 g/mol. The second-order valence-electron chi connectivity index (χ2n) is 7.38. The summed E-state index contributed by atoms with van der Waals surface area (Å²) in [6.07, 6.45) is 5.26. The van der Waals surface area contributed by atoms with E-state index < -0.39 is 0 Å². The second kappa shape index (κ2) is 8.38. The van der Waals surface area contributed by atoms with Crippen molar-refractivity contribution in [2.24, 2.45) is 5.10 Å². The Bertz CT molecular complexity index is 920. The lowest BCUT2D eigenvalue weighted by molar-refractivity contribution is -0.125. The number of para-hydroxylation sites is 1. The highest BCUT2D eigenvalue weighted by Crippen LogP contribution is 2.27. The molecule has 5 nitrogen and oxygen atoms in total. The van der Waals surface area contributed by atoms with E-state index in [1.807, 2.05) is 35.2 Å². The van der Waals surface area contributed by atoms with Crippen LogP contribution in [0.5, 0.6) is 0 Å². The first-order valence-electron chi connectivity index (χ1n) is 10.0. The van der Waals surface area contributed by atoms with Crippen molar-refractivity contribution in [2.45, 2.75) is 44.9 Å². The molecule has 0 fully saturated rings. The predicted molar refractivity (Wildman–Crippen MR) is 110 cm³/mol. The maximum Gasteiger partial charge on any atom is 0.240 e. The van der Waals surface area contributed by atoms with Gasteiger partial charge in [-0.3, -0.25) is 9.59 Å². The highest BCUT2D eigenvalue weighted by Gasteiger charge is 2.22. The van der Waals surface area contributed by atoms with Crippen LogP contribution >= 0.6 is 0 Å². The Morgan fingerprint density at radius 2 is 1.64 bits per heavy atom. The number of nitrogens with zero attached hydrogens (tertiary/aromatic N) is 2. The summed E-state index contributed by atoms with van der Waals surface area (Å²) in [5.74, 6) is -0.216. The number of rotatable bonds is 4. The normalized spacial score (nSPS) is 17.0. The highest BCUT2D eigenvalue weighted by molar-refractivity contribution is 6.03. The minimum absolute atomic E-state index is 0.00188. The van der Waals surface area contributed by atoms with Gasteiger partial charge in [-0.15, -0.1) is 0 Å². The number of amides is 2. The first-order valence-corrected chi connectivity index (χ1v) is 10.0. The summed E-state index contributed by atoms with van der Waals surface area (Å²) in [6, 6.07) is 16.2. The molecule has 1 aliphatic heterocycles.